The zero-order chi connectivity index (χ0) is 12.3. The second kappa shape index (κ2) is 5.39. The highest BCUT2D eigenvalue weighted by Crippen LogP contribution is 2.16. The fraction of sp³-hybridized carbons (Fsp3) is 0.462. The molecule has 1 atom stereocenters. The molecule has 88 valence electrons. The minimum absolute atomic E-state index is 0.0132. The highest BCUT2D eigenvalue weighted by atomic mass is 32.2. The van der Waals surface area contributed by atoms with Crippen LogP contribution in [-0.2, 0) is 10.8 Å². The lowest BCUT2D eigenvalue weighted by Gasteiger charge is -2.08. The van der Waals surface area contributed by atoms with Gasteiger partial charge in [-0.05, 0) is 43.5 Å². The molecule has 0 aliphatic carbocycles. The van der Waals surface area contributed by atoms with E-state index in [1.165, 1.54) is 5.56 Å². The highest BCUT2D eigenvalue weighted by molar-refractivity contribution is 7.85. The van der Waals surface area contributed by atoms with Crippen molar-refractivity contribution in [2.75, 3.05) is 11.5 Å². The van der Waals surface area contributed by atoms with Crippen LogP contribution in [0.4, 0.5) is 0 Å². The van der Waals surface area contributed by atoms with Gasteiger partial charge in [0.2, 0.25) is 0 Å². The predicted molar refractivity (Wildman–Crippen MR) is 68.5 cm³/mol. The van der Waals surface area contributed by atoms with Gasteiger partial charge in [-0.1, -0.05) is 13.0 Å². The fourth-order valence-electron chi connectivity index (χ4n) is 1.59. The molecule has 0 aliphatic heterocycles. The number of carbonyl (C=O) groups excluding carboxylic acids is 1. The first-order valence-electron chi connectivity index (χ1n) is 5.41. The molecule has 0 fully saturated rings. The lowest BCUT2D eigenvalue weighted by Crippen LogP contribution is -2.13. The van der Waals surface area contributed by atoms with Crippen molar-refractivity contribution < 1.29 is 9.00 Å². The molecule has 2 nitrogen and oxygen atoms in total. The zero-order valence-corrected chi connectivity index (χ0v) is 11.1. The maximum atomic E-state index is 11.9. The minimum Gasteiger partial charge on any atom is -0.293 e. The van der Waals surface area contributed by atoms with Crippen LogP contribution in [0, 0.1) is 20.8 Å². The molecule has 1 rings (SSSR count). The molecule has 0 aromatic heterocycles. The van der Waals surface area contributed by atoms with Crippen LogP contribution in [-0.4, -0.2) is 21.5 Å². The third-order valence-electron chi connectivity index (χ3n) is 2.76. The maximum absolute atomic E-state index is 11.9. The third kappa shape index (κ3) is 3.01. The summed E-state index contributed by atoms with van der Waals surface area (Å²) in [4.78, 5) is 11.9. The van der Waals surface area contributed by atoms with Crippen LogP contribution in [0.2, 0.25) is 0 Å². The van der Waals surface area contributed by atoms with Crippen LogP contribution in [0.5, 0.6) is 0 Å². The Morgan fingerprint density at radius 2 is 1.69 bits per heavy atom. The molecular formula is C13H18O2S. The van der Waals surface area contributed by atoms with Gasteiger partial charge in [0.25, 0.3) is 0 Å². The Kier molecular flexibility index (Phi) is 4.42. The average molecular weight is 238 g/mol. The lowest BCUT2D eigenvalue weighted by molar-refractivity contribution is 0.102. The molecule has 16 heavy (non-hydrogen) atoms. The van der Waals surface area contributed by atoms with Crippen molar-refractivity contribution in [1.29, 1.82) is 0 Å². The van der Waals surface area contributed by atoms with E-state index in [0.717, 1.165) is 11.1 Å². The third-order valence-corrected chi connectivity index (χ3v) is 3.98. The summed E-state index contributed by atoms with van der Waals surface area (Å²) in [5.74, 6) is 0.663. The van der Waals surface area contributed by atoms with Gasteiger partial charge in [-0.15, -0.1) is 0 Å². The molecule has 3 heteroatoms. The van der Waals surface area contributed by atoms with Gasteiger partial charge < -0.3 is 0 Å². The van der Waals surface area contributed by atoms with Gasteiger partial charge in [-0.3, -0.25) is 9.00 Å². The Morgan fingerprint density at radius 3 is 2.25 bits per heavy atom. The van der Waals surface area contributed by atoms with Crippen molar-refractivity contribution in [2.45, 2.75) is 27.7 Å². The fourth-order valence-corrected chi connectivity index (χ4v) is 2.24. The maximum Gasteiger partial charge on any atom is 0.175 e. The number of Topliss-reactive ketones (excluding diaryl/α,β-unsaturated/α-hetero) is 1. The Labute approximate surface area is 99.5 Å². The van der Waals surface area contributed by atoms with E-state index in [1.807, 2.05) is 39.8 Å². The van der Waals surface area contributed by atoms with Crippen molar-refractivity contribution in [3.63, 3.8) is 0 Å². The molecule has 1 aromatic rings. The zero-order valence-electron chi connectivity index (χ0n) is 10.3. The average Bonchev–Trinajstić information content (AvgIpc) is 2.23. The molecule has 0 amide bonds. The van der Waals surface area contributed by atoms with E-state index in [9.17, 15) is 9.00 Å². The van der Waals surface area contributed by atoms with Crippen molar-refractivity contribution in [2.24, 2.45) is 0 Å². The summed E-state index contributed by atoms with van der Waals surface area (Å²) in [5.41, 5.74) is 3.98. The number of aryl methyl sites for hydroxylation is 3. The number of benzene rings is 1. The monoisotopic (exact) mass is 238 g/mol. The first kappa shape index (κ1) is 13.1. The van der Waals surface area contributed by atoms with Gasteiger partial charge in [0.05, 0.1) is 5.75 Å². The standard InChI is InChI=1S/C13H18O2S/c1-5-16(15)8-13(14)12-7-10(3)9(2)6-11(12)4/h6-7H,5,8H2,1-4H3. The van der Waals surface area contributed by atoms with Crippen LogP contribution in [0.15, 0.2) is 12.1 Å². The summed E-state index contributed by atoms with van der Waals surface area (Å²) in [6.45, 7) is 7.77. The summed E-state index contributed by atoms with van der Waals surface area (Å²) < 4.78 is 11.3. The Morgan fingerprint density at radius 1 is 1.12 bits per heavy atom. The van der Waals surface area contributed by atoms with Gasteiger partial charge >= 0.3 is 0 Å². The number of ketones is 1. The summed E-state index contributed by atoms with van der Waals surface area (Å²) in [6, 6.07) is 3.91. The molecule has 1 aromatic carbocycles. The SMILES string of the molecule is CCS(=O)CC(=O)c1cc(C)c(C)cc1C. The molecule has 0 N–H and O–H groups in total. The highest BCUT2D eigenvalue weighted by Gasteiger charge is 2.12. The van der Waals surface area contributed by atoms with Gasteiger partial charge in [0.15, 0.2) is 5.78 Å². The first-order chi connectivity index (χ1) is 7.45. The van der Waals surface area contributed by atoms with Crippen molar-refractivity contribution in [3.05, 3.63) is 34.4 Å². The summed E-state index contributed by atoms with van der Waals surface area (Å²) >= 11 is 0. The van der Waals surface area contributed by atoms with Gasteiger partial charge in [-0.2, -0.15) is 0 Å². The molecule has 0 heterocycles. The van der Waals surface area contributed by atoms with Crippen LogP contribution in [0.3, 0.4) is 0 Å². The van der Waals surface area contributed by atoms with Crippen LogP contribution >= 0.6 is 0 Å². The summed E-state index contributed by atoms with van der Waals surface area (Å²) in [5, 5.41) is 0. The molecule has 0 saturated carbocycles. The molecule has 1 unspecified atom stereocenters. The second-order valence-corrected chi connectivity index (χ2v) is 5.79. The quantitative estimate of drug-likeness (QED) is 0.755. The second-order valence-electron chi connectivity index (χ2n) is 4.05. The largest absolute Gasteiger partial charge is 0.293 e. The van der Waals surface area contributed by atoms with E-state index in [4.69, 9.17) is 0 Å². The molecule has 0 saturated heterocycles. The van der Waals surface area contributed by atoms with E-state index in [-0.39, 0.29) is 11.5 Å². The van der Waals surface area contributed by atoms with E-state index in [2.05, 4.69) is 0 Å². The normalized spacial score (nSPS) is 12.5. The molecular weight excluding hydrogens is 220 g/mol. The summed E-state index contributed by atoms with van der Waals surface area (Å²) in [6.07, 6.45) is 0. The number of hydrogen-bond acceptors (Lipinski definition) is 2. The van der Waals surface area contributed by atoms with Crippen LogP contribution in [0.1, 0.15) is 34.0 Å². The van der Waals surface area contributed by atoms with E-state index >= 15 is 0 Å². The topological polar surface area (TPSA) is 34.1 Å². The van der Waals surface area contributed by atoms with E-state index in [1.54, 1.807) is 0 Å². The Balaban J connectivity index is 3.00. The molecule has 0 aliphatic rings. The van der Waals surface area contributed by atoms with Crippen molar-refractivity contribution in [3.8, 4) is 0 Å². The van der Waals surface area contributed by atoms with Crippen molar-refractivity contribution in [1.82, 2.24) is 0 Å². The molecule has 0 radical (unpaired) electrons. The van der Waals surface area contributed by atoms with Gasteiger partial charge in [0.1, 0.15) is 0 Å². The van der Waals surface area contributed by atoms with Gasteiger partial charge in [-0.25, -0.2) is 0 Å². The minimum atomic E-state index is -1.03. The molecule has 0 spiro atoms. The Hall–Kier alpha value is -0.960. The van der Waals surface area contributed by atoms with E-state index in [0.29, 0.717) is 11.3 Å². The van der Waals surface area contributed by atoms with Gasteiger partial charge in [0, 0.05) is 22.1 Å². The molecule has 0 bridgehead atoms. The number of rotatable bonds is 4. The van der Waals surface area contributed by atoms with Crippen LogP contribution < -0.4 is 0 Å². The predicted octanol–water partition coefficient (Wildman–Crippen LogP) is 2.56. The van der Waals surface area contributed by atoms with E-state index < -0.39 is 10.8 Å². The summed E-state index contributed by atoms with van der Waals surface area (Å²) in [7, 11) is -1.03. The first-order valence-corrected chi connectivity index (χ1v) is 6.90. The Bertz CT molecular complexity index is 436. The van der Waals surface area contributed by atoms with Crippen molar-refractivity contribution >= 4 is 16.6 Å². The smallest absolute Gasteiger partial charge is 0.175 e. The lowest BCUT2D eigenvalue weighted by atomic mass is 9.99. The number of carbonyl (C=O) groups is 1. The van der Waals surface area contributed by atoms with Crippen LogP contribution in [0.25, 0.3) is 0 Å². The number of hydrogen-bond donors (Lipinski definition) is 0.